The van der Waals surface area contributed by atoms with Crippen molar-refractivity contribution in [2.24, 2.45) is 0 Å². The maximum absolute atomic E-state index is 13.0. The summed E-state index contributed by atoms with van der Waals surface area (Å²) in [4.78, 5) is 4.88. The predicted octanol–water partition coefficient (Wildman–Crippen LogP) is 5.83. The second-order valence-corrected chi connectivity index (χ2v) is 8.33. The molecule has 1 aromatic carbocycles. The van der Waals surface area contributed by atoms with Gasteiger partial charge in [0.1, 0.15) is 6.54 Å². The van der Waals surface area contributed by atoms with Crippen molar-refractivity contribution in [1.82, 2.24) is 19.7 Å². The third-order valence-corrected chi connectivity index (χ3v) is 6.26. The van der Waals surface area contributed by atoms with E-state index in [0.717, 1.165) is 21.6 Å². The lowest BCUT2D eigenvalue weighted by atomic mass is 10.2. The maximum Gasteiger partial charge on any atom is 0.406 e. The Morgan fingerprint density at radius 3 is 2.39 bits per heavy atom. The summed E-state index contributed by atoms with van der Waals surface area (Å²) in [5.74, 6) is 1.62. The molecule has 0 saturated heterocycles. The highest BCUT2D eigenvalue weighted by atomic mass is 35.5. The Kier molecular flexibility index (Phi) is 7.25. The standard InChI is InChI=1S/C18H16ClF3N4S2/c19-14-4-1-2-5-15(14)27-10-3-11-28-17-25-24-16(13-6-8-23-9-7-13)26(17)12-18(20,21)22/h1-2,4-9H,3,10-12H2. The Morgan fingerprint density at radius 1 is 0.964 bits per heavy atom. The van der Waals surface area contributed by atoms with E-state index in [4.69, 9.17) is 11.6 Å². The van der Waals surface area contributed by atoms with Crippen LogP contribution >= 0.6 is 35.1 Å². The van der Waals surface area contributed by atoms with Crippen molar-refractivity contribution in [1.29, 1.82) is 0 Å². The maximum atomic E-state index is 13.0. The van der Waals surface area contributed by atoms with Crippen LogP contribution in [-0.4, -0.2) is 37.4 Å². The number of rotatable bonds is 8. The summed E-state index contributed by atoms with van der Waals surface area (Å²) in [5, 5.41) is 8.90. The number of aromatic nitrogens is 4. The topological polar surface area (TPSA) is 43.6 Å². The van der Waals surface area contributed by atoms with Crippen molar-refractivity contribution < 1.29 is 13.2 Å². The molecule has 0 amide bonds. The minimum absolute atomic E-state index is 0.188. The summed E-state index contributed by atoms with van der Waals surface area (Å²) in [6.07, 6.45) is -0.537. The van der Waals surface area contributed by atoms with Gasteiger partial charge in [-0.05, 0) is 36.4 Å². The van der Waals surface area contributed by atoms with Crippen molar-refractivity contribution in [3.05, 3.63) is 53.8 Å². The Bertz CT molecular complexity index is 903. The van der Waals surface area contributed by atoms with Crippen molar-refractivity contribution in [3.63, 3.8) is 0 Å². The van der Waals surface area contributed by atoms with Crippen molar-refractivity contribution in [2.75, 3.05) is 11.5 Å². The van der Waals surface area contributed by atoms with Crippen LogP contribution in [0.4, 0.5) is 13.2 Å². The minimum atomic E-state index is -4.36. The smallest absolute Gasteiger partial charge is 0.293 e. The lowest BCUT2D eigenvalue weighted by molar-refractivity contribution is -0.141. The van der Waals surface area contributed by atoms with Gasteiger partial charge in [-0.25, -0.2) is 0 Å². The Labute approximate surface area is 173 Å². The minimum Gasteiger partial charge on any atom is -0.293 e. The fourth-order valence-corrected chi connectivity index (χ4v) is 4.65. The second-order valence-electron chi connectivity index (χ2n) is 5.72. The summed E-state index contributed by atoms with van der Waals surface area (Å²) in [7, 11) is 0. The van der Waals surface area contributed by atoms with Gasteiger partial charge in [0.05, 0.1) is 5.02 Å². The SMILES string of the molecule is FC(F)(F)Cn1c(SCCCSc2ccccc2Cl)nnc1-c1ccncc1. The first kappa shape index (κ1) is 21.0. The zero-order chi connectivity index (χ0) is 20.0. The van der Waals surface area contributed by atoms with Crippen LogP contribution in [0.2, 0.25) is 5.02 Å². The Morgan fingerprint density at radius 2 is 1.68 bits per heavy atom. The zero-order valence-electron chi connectivity index (χ0n) is 14.6. The van der Waals surface area contributed by atoms with Crippen LogP contribution in [0.5, 0.6) is 0 Å². The summed E-state index contributed by atoms with van der Waals surface area (Å²) < 4.78 is 40.3. The number of benzene rings is 1. The number of nitrogens with zero attached hydrogens (tertiary/aromatic N) is 4. The molecule has 4 nitrogen and oxygen atoms in total. The summed E-state index contributed by atoms with van der Waals surface area (Å²) in [5.41, 5.74) is 0.549. The molecule has 3 aromatic rings. The molecular formula is C18H16ClF3N4S2. The average molecular weight is 445 g/mol. The van der Waals surface area contributed by atoms with E-state index in [1.165, 1.54) is 24.2 Å². The summed E-state index contributed by atoms with van der Waals surface area (Å²) in [6, 6.07) is 10.8. The van der Waals surface area contributed by atoms with Gasteiger partial charge in [-0.15, -0.1) is 22.0 Å². The molecule has 10 heteroatoms. The van der Waals surface area contributed by atoms with Gasteiger partial charge in [-0.2, -0.15) is 13.2 Å². The first-order valence-electron chi connectivity index (χ1n) is 8.34. The van der Waals surface area contributed by atoms with Gasteiger partial charge in [0.2, 0.25) is 0 Å². The highest BCUT2D eigenvalue weighted by Gasteiger charge is 2.31. The van der Waals surface area contributed by atoms with Crippen LogP contribution in [-0.2, 0) is 6.54 Å². The zero-order valence-corrected chi connectivity index (χ0v) is 17.0. The van der Waals surface area contributed by atoms with E-state index in [9.17, 15) is 13.2 Å². The van der Waals surface area contributed by atoms with Gasteiger partial charge in [0.15, 0.2) is 11.0 Å². The first-order valence-corrected chi connectivity index (χ1v) is 10.7. The number of hydrogen-bond donors (Lipinski definition) is 0. The Balaban J connectivity index is 1.63. The molecule has 0 aliphatic carbocycles. The fraction of sp³-hybridized carbons (Fsp3) is 0.278. The van der Waals surface area contributed by atoms with Gasteiger partial charge in [-0.3, -0.25) is 9.55 Å². The molecule has 0 N–H and O–H groups in total. The molecule has 0 bridgehead atoms. The molecule has 148 valence electrons. The van der Waals surface area contributed by atoms with Crippen LogP contribution < -0.4 is 0 Å². The molecule has 0 unspecified atom stereocenters. The van der Waals surface area contributed by atoms with Gasteiger partial charge < -0.3 is 0 Å². The molecule has 28 heavy (non-hydrogen) atoms. The van der Waals surface area contributed by atoms with E-state index < -0.39 is 12.7 Å². The van der Waals surface area contributed by atoms with Gasteiger partial charge in [0.25, 0.3) is 0 Å². The molecule has 0 fully saturated rings. The molecular weight excluding hydrogens is 429 g/mol. The van der Waals surface area contributed by atoms with Crippen LogP contribution in [0.15, 0.2) is 58.8 Å². The van der Waals surface area contributed by atoms with E-state index in [2.05, 4.69) is 15.2 Å². The quantitative estimate of drug-likeness (QED) is 0.323. The molecule has 3 rings (SSSR count). The van der Waals surface area contributed by atoms with Gasteiger partial charge >= 0.3 is 6.18 Å². The van der Waals surface area contributed by atoms with Gasteiger partial charge in [-0.1, -0.05) is 35.5 Å². The molecule has 0 spiro atoms. The first-order chi connectivity index (χ1) is 13.4. The number of hydrogen-bond acceptors (Lipinski definition) is 5. The largest absolute Gasteiger partial charge is 0.406 e. The van der Waals surface area contributed by atoms with E-state index in [1.54, 1.807) is 23.9 Å². The van der Waals surface area contributed by atoms with Crippen molar-refractivity contribution in [3.8, 4) is 11.4 Å². The molecule has 0 aliphatic heterocycles. The third-order valence-electron chi connectivity index (χ3n) is 3.61. The molecule has 0 saturated carbocycles. The second kappa shape index (κ2) is 9.67. The molecule has 2 heterocycles. The summed E-state index contributed by atoms with van der Waals surface area (Å²) in [6.45, 7) is -1.13. The van der Waals surface area contributed by atoms with E-state index in [-0.39, 0.29) is 11.0 Å². The van der Waals surface area contributed by atoms with Crippen LogP contribution in [0.1, 0.15) is 6.42 Å². The lowest BCUT2D eigenvalue weighted by Gasteiger charge is -2.12. The van der Waals surface area contributed by atoms with Crippen molar-refractivity contribution >= 4 is 35.1 Å². The number of pyridine rings is 1. The number of halogens is 4. The van der Waals surface area contributed by atoms with Crippen LogP contribution in [0.25, 0.3) is 11.4 Å². The summed E-state index contributed by atoms with van der Waals surface area (Å²) >= 11 is 9.01. The third kappa shape index (κ3) is 5.89. The number of thioether (sulfide) groups is 2. The predicted molar refractivity (Wildman–Crippen MR) is 107 cm³/mol. The van der Waals surface area contributed by atoms with Gasteiger partial charge in [0, 0.05) is 28.6 Å². The number of alkyl halides is 3. The monoisotopic (exact) mass is 444 g/mol. The van der Waals surface area contributed by atoms with Crippen LogP contribution in [0.3, 0.4) is 0 Å². The molecule has 0 aliphatic rings. The lowest BCUT2D eigenvalue weighted by Crippen LogP contribution is -2.19. The van der Waals surface area contributed by atoms with Crippen LogP contribution in [0, 0.1) is 0 Å². The van der Waals surface area contributed by atoms with E-state index >= 15 is 0 Å². The highest BCUT2D eigenvalue weighted by molar-refractivity contribution is 8.00. The van der Waals surface area contributed by atoms with E-state index in [0.29, 0.717) is 16.3 Å². The molecule has 0 atom stereocenters. The highest BCUT2D eigenvalue weighted by Crippen LogP contribution is 2.30. The van der Waals surface area contributed by atoms with Crippen molar-refractivity contribution in [2.45, 2.75) is 29.2 Å². The Hall–Kier alpha value is -1.71. The molecule has 0 radical (unpaired) electrons. The fourth-order valence-electron chi connectivity index (χ4n) is 2.40. The normalized spacial score (nSPS) is 11.7. The average Bonchev–Trinajstić information content (AvgIpc) is 3.04. The molecule has 2 aromatic heterocycles. The van der Waals surface area contributed by atoms with E-state index in [1.807, 2.05) is 24.3 Å².